The maximum Gasteiger partial charge on any atom is 0.306 e. The van der Waals surface area contributed by atoms with Crippen molar-refractivity contribution in [2.24, 2.45) is 5.73 Å². The number of nitrogens with zero attached hydrogens (tertiary/aromatic N) is 14. The first-order valence-electron chi connectivity index (χ1n) is 46.3. The van der Waals surface area contributed by atoms with E-state index in [1.165, 1.54) is 71.1 Å². The predicted octanol–water partition coefficient (Wildman–Crippen LogP) is 3.89. The summed E-state index contributed by atoms with van der Waals surface area (Å²) in [4.78, 5) is 147. The summed E-state index contributed by atoms with van der Waals surface area (Å²) in [7, 11) is 33.4. The zero-order valence-electron chi connectivity index (χ0n) is 82.6. The quantitative estimate of drug-likeness (QED) is 0.0495. The van der Waals surface area contributed by atoms with Gasteiger partial charge in [0.2, 0.25) is 0 Å². The molecule has 0 amide bonds. The molecule has 742 valence electrons. The Labute approximate surface area is 762 Å². The lowest BCUT2D eigenvalue weighted by molar-refractivity contribution is -0.142. The lowest BCUT2D eigenvalue weighted by Gasteiger charge is -2.30. The molecule has 0 heterocycles. The average molecular weight is 1810 g/mol. The zero-order chi connectivity index (χ0) is 94.8. The maximum absolute atomic E-state index is 11.7. The number of methoxy groups -OCH3 is 10. The first-order valence-corrected chi connectivity index (χ1v) is 46.3. The number of hydrogen-bond donors (Lipinski definition) is 2. The number of carbonyl (C=O) groups excluding carboxylic acids is 10. The van der Waals surface area contributed by atoms with Crippen LogP contribution in [0.5, 0.6) is 0 Å². The van der Waals surface area contributed by atoms with E-state index in [4.69, 9.17) is 48.4 Å². The largest absolute Gasteiger partial charge is 0.469 e. The highest BCUT2D eigenvalue weighted by molar-refractivity contribution is 5.72. The van der Waals surface area contributed by atoms with Gasteiger partial charge in [-0.25, -0.2) is 0 Å². The van der Waals surface area contributed by atoms with Gasteiger partial charge in [-0.1, -0.05) is 32.1 Å². The van der Waals surface area contributed by atoms with Gasteiger partial charge in [-0.3, -0.25) is 62.6 Å². The molecule has 126 heavy (non-hydrogen) atoms. The molecule has 0 aromatic rings. The number of ether oxygens (including phenoxy) is 10. The highest BCUT2D eigenvalue weighted by Crippen LogP contribution is 2.11. The van der Waals surface area contributed by atoms with Crippen LogP contribution in [0.25, 0.3) is 0 Å². The monoisotopic (exact) mass is 1810 g/mol. The van der Waals surface area contributed by atoms with Crippen LogP contribution >= 0.6 is 0 Å². The molecule has 0 radical (unpaired) electrons. The van der Waals surface area contributed by atoms with Gasteiger partial charge < -0.3 is 112 Å². The van der Waals surface area contributed by atoms with Crippen molar-refractivity contribution in [1.82, 2.24) is 73.9 Å². The van der Waals surface area contributed by atoms with Crippen molar-refractivity contribution in [1.29, 1.82) is 0 Å². The molecule has 36 heteroatoms. The van der Waals surface area contributed by atoms with Gasteiger partial charge in [0.15, 0.2) is 0 Å². The minimum atomic E-state index is -0.260. The third-order valence-corrected chi connectivity index (χ3v) is 22.4. The van der Waals surface area contributed by atoms with Crippen LogP contribution in [0.3, 0.4) is 0 Å². The van der Waals surface area contributed by atoms with Crippen LogP contribution in [-0.4, -0.2) is 498 Å². The minimum absolute atomic E-state index is 0.128. The summed E-state index contributed by atoms with van der Waals surface area (Å²) < 4.78 is 47.4. The molecule has 0 aliphatic rings. The Morgan fingerprint density at radius 2 is 0.333 bits per heavy atom. The topological polar surface area (TPSA) is 346 Å². The van der Waals surface area contributed by atoms with Crippen LogP contribution in [0, 0.1) is 0 Å². The summed E-state index contributed by atoms with van der Waals surface area (Å²) in [6.45, 7) is 31.7. The number of hydrogen-bond acceptors (Lipinski definition) is 36. The Morgan fingerprint density at radius 1 is 0.175 bits per heavy atom. The maximum atomic E-state index is 11.7. The molecule has 0 bridgehead atoms. The SMILES string of the molecule is COC(=O)CCCCCN(C)CCN(CCN(C)CCCCCC(=O)OC)CCN(C)CCN(CCC(=O)OC)CCC(=O)OC.COC(=O)CCCCCN(C)CCN(CCN(C)CCCCCC(=O)OC)CCN(C)CCNCCC(=O)OC.COC(=O)CCCCCN(C)CCN(CCN(C)CCN)CCN(C)CCN(CCC(=O)OC)CCC(=O)OC. The van der Waals surface area contributed by atoms with E-state index < -0.39 is 0 Å². The van der Waals surface area contributed by atoms with Gasteiger partial charge in [0.05, 0.1) is 103 Å². The molecule has 0 saturated carbocycles. The number of unbranched alkanes of at least 4 members (excludes halogenated alkanes) is 10. The average Bonchev–Trinajstić information content (AvgIpc) is 0.955. The summed E-state index contributed by atoms with van der Waals surface area (Å²) in [5, 5.41) is 3.30. The molecule has 0 aliphatic carbocycles. The fourth-order valence-electron chi connectivity index (χ4n) is 13.1. The first kappa shape index (κ1) is 124. The molecule has 0 atom stereocenters. The van der Waals surface area contributed by atoms with E-state index in [2.05, 4.69) is 142 Å². The Bertz CT molecular complexity index is 2480. The van der Waals surface area contributed by atoms with Gasteiger partial charge in [0.25, 0.3) is 0 Å². The van der Waals surface area contributed by atoms with Crippen molar-refractivity contribution in [3.8, 4) is 0 Å². The van der Waals surface area contributed by atoms with Crippen LogP contribution in [0.1, 0.15) is 161 Å². The lowest BCUT2D eigenvalue weighted by Crippen LogP contribution is -2.43. The van der Waals surface area contributed by atoms with Gasteiger partial charge in [-0.2, -0.15) is 0 Å². The number of nitrogens with two attached hydrogens (primary N) is 1. The molecule has 0 aromatic carbocycles. The number of carbonyl (C=O) groups is 10. The van der Waals surface area contributed by atoms with Gasteiger partial charge in [0, 0.05) is 235 Å². The minimum Gasteiger partial charge on any atom is -0.469 e. The normalized spacial score (nSPS) is 11.6. The van der Waals surface area contributed by atoms with Gasteiger partial charge in [0.1, 0.15) is 0 Å². The smallest absolute Gasteiger partial charge is 0.306 e. The van der Waals surface area contributed by atoms with E-state index >= 15 is 0 Å². The third-order valence-electron chi connectivity index (χ3n) is 22.4. The Balaban J connectivity index is -0.00000181. The van der Waals surface area contributed by atoms with Crippen molar-refractivity contribution in [2.75, 3.05) is 370 Å². The summed E-state index contributed by atoms with van der Waals surface area (Å²) in [6, 6.07) is 0. The number of esters is 10. The zero-order valence-corrected chi connectivity index (χ0v) is 82.6. The van der Waals surface area contributed by atoms with Crippen LogP contribution in [0.4, 0.5) is 0 Å². The van der Waals surface area contributed by atoms with E-state index in [0.29, 0.717) is 90.6 Å². The van der Waals surface area contributed by atoms with Crippen LogP contribution in [0.2, 0.25) is 0 Å². The van der Waals surface area contributed by atoms with Crippen molar-refractivity contribution in [3.05, 3.63) is 0 Å². The molecule has 3 N–H and O–H groups in total. The van der Waals surface area contributed by atoms with E-state index in [-0.39, 0.29) is 72.5 Å². The molecule has 0 fully saturated rings. The fraction of sp³-hybridized carbons (Fsp3) is 0.889. The third kappa shape index (κ3) is 82.5. The number of nitrogens with one attached hydrogen (secondary N) is 1. The molecular weight excluding hydrogens is 1630 g/mol. The Morgan fingerprint density at radius 3 is 0.524 bits per heavy atom. The van der Waals surface area contributed by atoms with E-state index in [1.807, 2.05) is 0 Å². The number of likely N-dealkylation sites (N-methyl/N-ethyl adjacent to an activating group) is 9. The van der Waals surface area contributed by atoms with E-state index in [9.17, 15) is 47.9 Å². The first-order chi connectivity index (χ1) is 60.4. The molecule has 0 aromatic heterocycles. The summed E-state index contributed by atoms with van der Waals surface area (Å²) in [5.41, 5.74) is 5.73. The van der Waals surface area contributed by atoms with E-state index in [0.717, 1.165) is 293 Å². The molecule has 0 unspecified atom stereocenters. The molecular formula is C90H182N16O20. The second-order valence-corrected chi connectivity index (χ2v) is 33.0. The summed E-state index contributed by atoms with van der Waals surface area (Å²) in [6.07, 6.45) is 18.8. The van der Waals surface area contributed by atoms with Crippen molar-refractivity contribution in [3.63, 3.8) is 0 Å². The van der Waals surface area contributed by atoms with Crippen LogP contribution in [0.15, 0.2) is 0 Å². The molecule has 36 nitrogen and oxygen atoms in total. The molecule has 0 rings (SSSR count). The van der Waals surface area contributed by atoms with Crippen molar-refractivity contribution in [2.45, 2.75) is 161 Å². The highest BCUT2D eigenvalue weighted by atomic mass is 16.6. The summed E-state index contributed by atoms with van der Waals surface area (Å²) in [5.74, 6) is -1.89. The molecule has 0 aliphatic heterocycles. The second-order valence-electron chi connectivity index (χ2n) is 33.0. The Hall–Kier alpha value is -5.94. The van der Waals surface area contributed by atoms with Crippen LogP contribution in [-0.2, 0) is 95.3 Å². The summed E-state index contributed by atoms with van der Waals surface area (Å²) >= 11 is 0. The highest BCUT2D eigenvalue weighted by Gasteiger charge is 2.20. The standard InChI is InChI=1S/C33H65N5O8.C29H59N5O6.C28H58N6O6/c1-34(18-12-8-10-14-30(39)43-4)22-27-38(28-23-35(2)19-13-9-11-15-31(40)44-5)29-25-36(3)24-26-37(20-16-32(41)45-6)21-17-33(42)46-7;1-31(18-11-7-9-13-27(35)38-4)21-24-34(25-22-32(2)19-12-8-10-14-28(36)39-5)26-23-33(3)20-17-30-16-15-29(37)40-6;1-30(14-9-7-8-10-26(35)38-4)18-23-34(24-19-31(2)17-13-29)25-21-32(3)20-22-33(15-11-27(36)39-5)16-12-28(37)40-6/h8-29H2,1-7H3;30H,7-26H2,1-6H3;7-25,29H2,1-6H3. The van der Waals surface area contributed by atoms with Crippen molar-refractivity contribution >= 4 is 59.7 Å². The fourth-order valence-corrected chi connectivity index (χ4v) is 13.1. The molecule has 0 spiro atoms. The predicted molar refractivity (Wildman–Crippen MR) is 497 cm³/mol. The van der Waals surface area contributed by atoms with Gasteiger partial charge >= 0.3 is 59.7 Å². The van der Waals surface area contributed by atoms with E-state index in [1.54, 1.807) is 0 Å². The molecule has 0 saturated heterocycles. The van der Waals surface area contributed by atoms with Gasteiger partial charge in [-0.15, -0.1) is 0 Å². The second kappa shape index (κ2) is 87.1. The number of rotatable bonds is 83. The lowest BCUT2D eigenvalue weighted by atomic mass is 10.2. The van der Waals surface area contributed by atoms with Crippen LogP contribution < -0.4 is 11.1 Å². The Kier molecular flexibility index (Phi) is 85.8. The van der Waals surface area contributed by atoms with Gasteiger partial charge in [-0.05, 0) is 160 Å². The van der Waals surface area contributed by atoms with Crippen molar-refractivity contribution < 1.29 is 95.3 Å².